The summed E-state index contributed by atoms with van der Waals surface area (Å²) in [5.41, 5.74) is 7.83. The summed E-state index contributed by atoms with van der Waals surface area (Å²) >= 11 is 0. The minimum Gasteiger partial charge on any atom is -0.438 e. The van der Waals surface area contributed by atoms with E-state index >= 15 is 0 Å². The van der Waals surface area contributed by atoms with Crippen molar-refractivity contribution in [3.8, 4) is 11.5 Å². The van der Waals surface area contributed by atoms with Gasteiger partial charge in [-0.1, -0.05) is 113 Å². The third kappa shape index (κ3) is 5.59. The van der Waals surface area contributed by atoms with Gasteiger partial charge < -0.3 is 9.05 Å². The van der Waals surface area contributed by atoms with Gasteiger partial charge in [0, 0.05) is 22.3 Å². The number of benzene rings is 2. The first-order valence-electron chi connectivity index (χ1n) is 12.3. The minimum atomic E-state index is -1.10. The second-order valence-corrected chi connectivity index (χ2v) is 15.2. The molecule has 1 aliphatic heterocycles. The lowest BCUT2D eigenvalue weighted by Crippen LogP contribution is -2.19. The Morgan fingerprint density at radius 2 is 1.15 bits per heavy atom. The van der Waals surface area contributed by atoms with Crippen molar-refractivity contribution in [1.82, 2.24) is 0 Å². The van der Waals surface area contributed by atoms with Gasteiger partial charge in [0.1, 0.15) is 11.5 Å². The first kappa shape index (κ1) is 26.1. The molecule has 1 unspecified atom stereocenters. The average Bonchev–Trinajstić information content (AvgIpc) is 3.00. The molecule has 2 nitrogen and oxygen atoms in total. The number of fused-ring (bicyclic) bond motifs is 1. The molecule has 2 aromatic rings. The Hall–Kier alpha value is -1.53. The number of rotatable bonds is 2. The van der Waals surface area contributed by atoms with Crippen LogP contribution in [-0.2, 0) is 27.8 Å². The molecule has 2 aromatic carbocycles. The second kappa shape index (κ2) is 8.30. The molecule has 182 valence electrons. The van der Waals surface area contributed by atoms with E-state index in [1.165, 1.54) is 33.4 Å². The molecule has 0 saturated heterocycles. The molecule has 0 fully saturated rings. The van der Waals surface area contributed by atoms with Gasteiger partial charge in [-0.3, -0.25) is 0 Å². The third-order valence-electron chi connectivity index (χ3n) is 6.37. The van der Waals surface area contributed by atoms with Gasteiger partial charge in [0.15, 0.2) is 0 Å². The second-order valence-electron chi connectivity index (χ2n) is 13.9. The van der Waals surface area contributed by atoms with Crippen molar-refractivity contribution in [3.05, 3.63) is 57.6 Å². The first-order chi connectivity index (χ1) is 14.8. The molecular formula is C30H45O2P. The lowest BCUT2D eigenvalue weighted by atomic mass is 9.78. The Morgan fingerprint density at radius 3 is 1.58 bits per heavy atom. The fourth-order valence-electron chi connectivity index (χ4n) is 4.32. The van der Waals surface area contributed by atoms with Crippen molar-refractivity contribution in [1.29, 1.82) is 0 Å². The highest BCUT2D eigenvalue weighted by Crippen LogP contribution is 2.57. The molecule has 0 amide bonds. The fraction of sp³-hybridized carbons (Fsp3) is 0.600. The summed E-state index contributed by atoms with van der Waals surface area (Å²) in [7, 11) is -1.10. The normalized spacial score (nSPS) is 17.1. The van der Waals surface area contributed by atoms with Crippen molar-refractivity contribution in [2.24, 2.45) is 0 Å². The van der Waals surface area contributed by atoms with E-state index in [1.54, 1.807) is 0 Å². The Bertz CT molecular complexity index is 1000. The van der Waals surface area contributed by atoms with Crippen LogP contribution in [0.2, 0.25) is 0 Å². The molecular weight excluding hydrogens is 423 g/mol. The van der Waals surface area contributed by atoms with Crippen LogP contribution in [0.1, 0.15) is 116 Å². The van der Waals surface area contributed by atoms with Gasteiger partial charge in [0.2, 0.25) is 0 Å². The third-order valence-corrected chi connectivity index (χ3v) is 7.75. The van der Waals surface area contributed by atoms with Crippen molar-refractivity contribution < 1.29 is 9.05 Å². The number of aryl methyl sites for hydroxylation is 1. The van der Waals surface area contributed by atoms with Gasteiger partial charge in [0.05, 0.1) is 6.16 Å². The van der Waals surface area contributed by atoms with Crippen LogP contribution in [0.3, 0.4) is 0 Å². The van der Waals surface area contributed by atoms with Crippen molar-refractivity contribution >= 4 is 8.38 Å². The van der Waals surface area contributed by atoms with Gasteiger partial charge in [0.25, 0.3) is 8.38 Å². The molecule has 0 aromatic heterocycles. The van der Waals surface area contributed by atoms with Crippen LogP contribution in [0.15, 0.2) is 24.3 Å². The Morgan fingerprint density at radius 1 is 0.667 bits per heavy atom. The number of hydrogen-bond acceptors (Lipinski definition) is 2. The van der Waals surface area contributed by atoms with E-state index in [0.29, 0.717) is 0 Å². The molecule has 1 heterocycles. The van der Waals surface area contributed by atoms with Gasteiger partial charge in [-0.15, -0.1) is 0 Å². The zero-order valence-corrected chi connectivity index (χ0v) is 24.2. The number of hydrogen-bond donors (Lipinski definition) is 0. The molecule has 1 atom stereocenters. The molecule has 0 bridgehead atoms. The molecule has 3 rings (SSSR count). The highest BCUT2D eigenvalue weighted by atomic mass is 31.2. The molecule has 33 heavy (non-hydrogen) atoms. The molecule has 0 spiro atoms. The fourth-order valence-corrected chi connectivity index (χ4v) is 5.81. The SMILES string of the molecule is Cc1cc(C(C)(C)C)c(OP2Cc3cc(C(C)(C)C)cc(C(C)(C)C)c3O2)c(C(C)(C)C)c1. The Labute approximate surface area is 204 Å². The highest BCUT2D eigenvalue weighted by Gasteiger charge is 2.36. The lowest BCUT2D eigenvalue weighted by molar-refractivity contribution is 0.455. The Balaban J connectivity index is 2.09. The smallest absolute Gasteiger partial charge is 0.295 e. The van der Waals surface area contributed by atoms with Gasteiger partial charge in [-0.2, -0.15) is 0 Å². The van der Waals surface area contributed by atoms with E-state index in [-0.39, 0.29) is 21.7 Å². The van der Waals surface area contributed by atoms with E-state index in [0.717, 1.165) is 17.7 Å². The van der Waals surface area contributed by atoms with Crippen LogP contribution in [0.5, 0.6) is 11.5 Å². The summed E-state index contributed by atoms with van der Waals surface area (Å²) in [5.74, 6) is 2.07. The molecule has 0 N–H and O–H groups in total. The van der Waals surface area contributed by atoms with Gasteiger partial charge >= 0.3 is 0 Å². The maximum absolute atomic E-state index is 6.86. The quantitative estimate of drug-likeness (QED) is 0.409. The summed E-state index contributed by atoms with van der Waals surface area (Å²) in [6.45, 7) is 29.5. The van der Waals surface area contributed by atoms with E-state index < -0.39 is 8.38 Å². The standard InChI is InChI=1S/C30H45O2P/c1-19-14-22(28(5,6)7)26(23(15-19)29(8,9)10)32-33-18-20-16-21(27(2,3)4)17-24(25(20)31-33)30(11,12)13/h14-17H,18H2,1-13H3. The van der Waals surface area contributed by atoms with Crippen LogP contribution in [0, 0.1) is 6.92 Å². The first-order valence-corrected chi connectivity index (χ1v) is 13.6. The average molecular weight is 469 g/mol. The van der Waals surface area contributed by atoms with Crippen molar-refractivity contribution in [2.45, 2.75) is 118 Å². The summed E-state index contributed by atoms with van der Waals surface area (Å²) in [4.78, 5) is 0. The maximum atomic E-state index is 6.86. The summed E-state index contributed by atoms with van der Waals surface area (Å²) < 4.78 is 13.5. The zero-order valence-electron chi connectivity index (χ0n) is 23.3. The van der Waals surface area contributed by atoms with E-state index in [1.807, 2.05) is 0 Å². The van der Waals surface area contributed by atoms with Crippen LogP contribution in [-0.4, -0.2) is 0 Å². The maximum Gasteiger partial charge on any atom is 0.295 e. The molecule has 1 aliphatic rings. The summed E-state index contributed by atoms with van der Waals surface area (Å²) in [6.07, 6.45) is 0.832. The predicted molar refractivity (Wildman–Crippen MR) is 144 cm³/mol. The minimum absolute atomic E-state index is 0.00762. The topological polar surface area (TPSA) is 18.5 Å². The van der Waals surface area contributed by atoms with Gasteiger partial charge in [-0.05, 0) is 34.1 Å². The van der Waals surface area contributed by atoms with Crippen LogP contribution in [0.25, 0.3) is 0 Å². The summed E-state index contributed by atoms with van der Waals surface area (Å²) in [5, 5.41) is 0. The monoisotopic (exact) mass is 468 g/mol. The Kier molecular flexibility index (Phi) is 6.56. The van der Waals surface area contributed by atoms with E-state index in [9.17, 15) is 0 Å². The zero-order chi connectivity index (χ0) is 25.1. The van der Waals surface area contributed by atoms with Gasteiger partial charge in [-0.25, -0.2) is 0 Å². The highest BCUT2D eigenvalue weighted by molar-refractivity contribution is 7.47. The van der Waals surface area contributed by atoms with Crippen LogP contribution in [0.4, 0.5) is 0 Å². The van der Waals surface area contributed by atoms with Crippen LogP contribution >= 0.6 is 8.38 Å². The predicted octanol–water partition coefficient (Wildman–Crippen LogP) is 9.47. The molecule has 3 heteroatoms. The van der Waals surface area contributed by atoms with E-state index in [4.69, 9.17) is 9.05 Å². The molecule has 0 aliphatic carbocycles. The van der Waals surface area contributed by atoms with Crippen molar-refractivity contribution in [3.63, 3.8) is 0 Å². The lowest BCUT2D eigenvalue weighted by Gasteiger charge is -2.31. The largest absolute Gasteiger partial charge is 0.438 e. The molecule has 0 saturated carbocycles. The van der Waals surface area contributed by atoms with Crippen molar-refractivity contribution in [2.75, 3.05) is 0 Å². The molecule has 0 radical (unpaired) electrons. The van der Waals surface area contributed by atoms with Crippen LogP contribution < -0.4 is 9.05 Å². The van der Waals surface area contributed by atoms with E-state index in [2.05, 4.69) is 114 Å². The summed E-state index contributed by atoms with van der Waals surface area (Å²) in [6, 6.07) is 9.29.